The van der Waals surface area contributed by atoms with Gasteiger partial charge in [0.1, 0.15) is 5.82 Å². The third-order valence-corrected chi connectivity index (χ3v) is 3.93. The van der Waals surface area contributed by atoms with E-state index in [1.807, 2.05) is 19.2 Å². The average molecular weight is 266 g/mol. The number of fused-ring (bicyclic) bond motifs is 1. The van der Waals surface area contributed by atoms with Gasteiger partial charge < -0.3 is 5.32 Å². The standard InChI is InChI=1S/C17H15FN2/c1-20-17-5-3-13-8-12(2-4-16(13)17)14-6-11(10-19)7-15(18)9-14/h2,4,6-9,17,20H,3,5H2,1H3. The molecule has 3 rings (SSSR count). The fraction of sp³-hybridized carbons (Fsp3) is 0.235. The molecule has 1 N–H and O–H groups in total. The highest BCUT2D eigenvalue weighted by Gasteiger charge is 2.21. The van der Waals surface area contributed by atoms with Gasteiger partial charge in [0.05, 0.1) is 11.6 Å². The molecule has 2 aromatic rings. The van der Waals surface area contributed by atoms with Gasteiger partial charge in [0.25, 0.3) is 0 Å². The van der Waals surface area contributed by atoms with Crippen molar-refractivity contribution in [3.63, 3.8) is 0 Å². The molecule has 1 unspecified atom stereocenters. The van der Waals surface area contributed by atoms with E-state index >= 15 is 0 Å². The molecular weight excluding hydrogens is 251 g/mol. The summed E-state index contributed by atoms with van der Waals surface area (Å²) in [6.07, 6.45) is 2.14. The smallest absolute Gasteiger partial charge is 0.125 e. The second-order valence-corrected chi connectivity index (χ2v) is 5.13. The zero-order valence-electron chi connectivity index (χ0n) is 11.3. The zero-order valence-corrected chi connectivity index (χ0v) is 11.3. The van der Waals surface area contributed by atoms with E-state index in [1.165, 1.54) is 23.3 Å². The SMILES string of the molecule is CNC1CCc2cc(-c3cc(F)cc(C#N)c3)ccc21. The maximum absolute atomic E-state index is 13.5. The zero-order chi connectivity index (χ0) is 14.1. The second kappa shape index (κ2) is 5.07. The summed E-state index contributed by atoms with van der Waals surface area (Å²) in [6.45, 7) is 0. The van der Waals surface area contributed by atoms with Crippen LogP contribution in [0.5, 0.6) is 0 Å². The molecule has 0 amide bonds. The van der Waals surface area contributed by atoms with Crippen LogP contribution in [0.1, 0.15) is 29.2 Å². The lowest BCUT2D eigenvalue weighted by Crippen LogP contribution is -2.12. The van der Waals surface area contributed by atoms with Crippen LogP contribution in [0, 0.1) is 17.1 Å². The first kappa shape index (κ1) is 12.8. The van der Waals surface area contributed by atoms with E-state index in [2.05, 4.69) is 17.4 Å². The predicted octanol–water partition coefficient (Wildman–Crippen LogP) is 3.57. The van der Waals surface area contributed by atoms with Crippen LogP contribution in [0.2, 0.25) is 0 Å². The number of benzene rings is 2. The van der Waals surface area contributed by atoms with Crippen molar-refractivity contribution in [3.8, 4) is 17.2 Å². The van der Waals surface area contributed by atoms with E-state index in [1.54, 1.807) is 6.07 Å². The molecule has 0 heterocycles. The molecular formula is C17H15FN2. The average Bonchev–Trinajstić information content (AvgIpc) is 2.88. The molecule has 0 spiro atoms. The minimum atomic E-state index is -0.368. The van der Waals surface area contributed by atoms with Crippen LogP contribution in [0.15, 0.2) is 36.4 Å². The molecule has 0 bridgehead atoms. The van der Waals surface area contributed by atoms with Crippen molar-refractivity contribution in [1.29, 1.82) is 5.26 Å². The molecule has 0 aliphatic heterocycles. The summed E-state index contributed by atoms with van der Waals surface area (Å²) in [5, 5.41) is 12.2. The van der Waals surface area contributed by atoms with Gasteiger partial charge in [-0.1, -0.05) is 18.2 Å². The van der Waals surface area contributed by atoms with Crippen molar-refractivity contribution in [1.82, 2.24) is 5.32 Å². The lowest BCUT2D eigenvalue weighted by atomic mass is 9.98. The van der Waals surface area contributed by atoms with Crippen LogP contribution in [0.25, 0.3) is 11.1 Å². The molecule has 1 aliphatic rings. The van der Waals surface area contributed by atoms with Crippen molar-refractivity contribution in [2.45, 2.75) is 18.9 Å². The fourth-order valence-electron chi connectivity index (χ4n) is 2.92. The van der Waals surface area contributed by atoms with Gasteiger partial charge in [-0.15, -0.1) is 0 Å². The molecule has 0 aromatic heterocycles. The van der Waals surface area contributed by atoms with E-state index in [4.69, 9.17) is 5.26 Å². The summed E-state index contributed by atoms with van der Waals surface area (Å²) in [5.41, 5.74) is 4.72. The summed E-state index contributed by atoms with van der Waals surface area (Å²) in [4.78, 5) is 0. The lowest BCUT2D eigenvalue weighted by molar-refractivity contribution is 0.590. The van der Waals surface area contributed by atoms with Gasteiger partial charge in [-0.25, -0.2) is 4.39 Å². The molecule has 0 radical (unpaired) electrons. The number of hydrogen-bond donors (Lipinski definition) is 1. The molecule has 1 atom stereocenters. The number of hydrogen-bond acceptors (Lipinski definition) is 2. The second-order valence-electron chi connectivity index (χ2n) is 5.13. The molecule has 3 heteroatoms. The molecule has 2 nitrogen and oxygen atoms in total. The Labute approximate surface area is 117 Å². The normalized spacial score (nSPS) is 16.8. The first-order valence-electron chi connectivity index (χ1n) is 6.72. The fourth-order valence-corrected chi connectivity index (χ4v) is 2.92. The van der Waals surface area contributed by atoms with Crippen molar-refractivity contribution < 1.29 is 4.39 Å². The molecule has 0 saturated heterocycles. The van der Waals surface area contributed by atoms with Gasteiger partial charge in [0.2, 0.25) is 0 Å². The highest BCUT2D eigenvalue weighted by Crippen LogP contribution is 2.34. The Balaban J connectivity index is 2.04. The summed E-state index contributed by atoms with van der Waals surface area (Å²) in [6, 6.07) is 13.1. The number of rotatable bonds is 2. The lowest BCUT2D eigenvalue weighted by Gasteiger charge is -2.11. The van der Waals surface area contributed by atoms with E-state index in [0.717, 1.165) is 24.0 Å². The highest BCUT2D eigenvalue weighted by atomic mass is 19.1. The van der Waals surface area contributed by atoms with E-state index in [9.17, 15) is 4.39 Å². The number of nitriles is 1. The van der Waals surface area contributed by atoms with Gasteiger partial charge in [-0.3, -0.25) is 0 Å². The van der Waals surface area contributed by atoms with Crippen LogP contribution in [0.4, 0.5) is 4.39 Å². The maximum Gasteiger partial charge on any atom is 0.125 e. The van der Waals surface area contributed by atoms with Crippen molar-refractivity contribution in [3.05, 3.63) is 58.9 Å². The summed E-state index contributed by atoms with van der Waals surface area (Å²) < 4.78 is 13.5. The van der Waals surface area contributed by atoms with Gasteiger partial charge in [0.15, 0.2) is 0 Å². The van der Waals surface area contributed by atoms with Crippen LogP contribution in [0.3, 0.4) is 0 Å². The minimum absolute atomic E-state index is 0.355. The first-order valence-corrected chi connectivity index (χ1v) is 6.72. The van der Waals surface area contributed by atoms with Crippen LogP contribution >= 0.6 is 0 Å². The maximum atomic E-state index is 13.5. The monoisotopic (exact) mass is 266 g/mol. The number of halogens is 1. The van der Waals surface area contributed by atoms with Crippen molar-refractivity contribution >= 4 is 0 Å². The highest BCUT2D eigenvalue weighted by molar-refractivity contribution is 5.67. The Hall–Kier alpha value is -2.18. The molecule has 100 valence electrons. The summed E-state index contributed by atoms with van der Waals surface area (Å²) in [5.74, 6) is -0.368. The third-order valence-electron chi connectivity index (χ3n) is 3.93. The number of nitrogens with zero attached hydrogens (tertiary/aromatic N) is 1. The van der Waals surface area contributed by atoms with Gasteiger partial charge >= 0.3 is 0 Å². The summed E-state index contributed by atoms with van der Waals surface area (Å²) in [7, 11) is 1.97. The molecule has 0 fully saturated rings. The number of aryl methyl sites for hydroxylation is 1. The van der Waals surface area contributed by atoms with Crippen LogP contribution in [-0.4, -0.2) is 7.05 Å². The Kier molecular flexibility index (Phi) is 3.25. The van der Waals surface area contributed by atoms with Crippen molar-refractivity contribution in [2.24, 2.45) is 0 Å². The van der Waals surface area contributed by atoms with E-state index < -0.39 is 0 Å². The Bertz CT molecular complexity index is 701. The number of nitrogens with one attached hydrogen (secondary N) is 1. The first-order chi connectivity index (χ1) is 9.71. The van der Waals surface area contributed by atoms with Gasteiger partial charge in [-0.05, 0) is 60.3 Å². The molecule has 0 saturated carbocycles. The van der Waals surface area contributed by atoms with Gasteiger partial charge in [0, 0.05) is 6.04 Å². The summed E-state index contributed by atoms with van der Waals surface area (Å²) >= 11 is 0. The van der Waals surface area contributed by atoms with Crippen LogP contribution < -0.4 is 5.32 Å². The Morgan fingerprint density at radius 2 is 2.05 bits per heavy atom. The quantitative estimate of drug-likeness (QED) is 0.902. The third kappa shape index (κ3) is 2.19. The Morgan fingerprint density at radius 3 is 2.80 bits per heavy atom. The van der Waals surface area contributed by atoms with E-state index in [0.29, 0.717) is 11.6 Å². The predicted molar refractivity (Wildman–Crippen MR) is 76.7 cm³/mol. The molecule has 2 aromatic carbocycles. The van der Waals surface area contributed by atoms with Crippen molar-refractivity contribution in [2.75, 3.05) is 7.05 Å². The topological polar surface area (TPSA) is 35.8 Å². The largest absolute Gasteiger partial charge is 0.313 e. The molecule has 20 heavy (non-hydrogen) atoms. The Morgan fingerprint density at radius 1 is 1.20 bits per heavy atom. The van der Waals surface area contributed by atoms with E-state index in [-0.39, 0.29) is 5.82 Å². The van der Waals surface area contributed by atoms with Crippen LogP contribution in [-0.2, 0) is 6.42 Å². The van der Waals surface area contributed by atoms with Gasteiger partial charge in [-0.2, -0.15) is 5.26 Å². The molecule has 1 aliphatic carbocycles. The minimum Gasteiger partial charge on any atom is -0.313 e.